The first kappa shape index (κ1) is 17.0. The Morgan fingerprint density at radius 2 is 1.47 bits per heavy atom. The first-order chi connectivity index (χ1) is 8.77. The van der Waals surface area contributed by atoms with Gasteiger partial charge in [0, 0.05) is 18.4 Å². The van der Waals surface area contributed by atoms with Crippen LogP contribution < -0.4 is 5.73 Å². The molecule has 8 nitrogen and oxygen atoms in total. The van der Waals surface area contributed by atoms with Gasteiger partial charge in [0.05, 0.1) is 0 Å². The van der Waals surface area contributed by atoms with Gasteiger partial charge in [-0.2, -0.15) is 0 Å². The van der Waals surface area contributed by atoms with E-state index in [1.54, 1.807) is 12.4 Å². The smallest absolute Gasteiger partial charge is 0.335 e. The van der Waals surface area contributed by atoms with Crippen molar-refractivity contribution in [2.24, 2.45) is 5.73 Å². The highest BCUT2D eigenvalue weighted by Gasteiger charge is 2.29. The molecule has 8 heteroatoms. The second kappa shape index (κ2) is 8.14. The van der Waals surface area contributed by atoms with Gasteiger partial charge in [0.15, 0.2) is 12.2 Å². The third-order valence-electron chi connectivity index (χ3n) is 2.04. The lowest BCUT2D eigenvalue weighted by molar-refractivity contribution is -0.165. The third-order valence-corrected chi connectivity index (χ3v) is 2.04. The number of nitrogens with zero attached hydrogens (tertiary/aromatic N) is 1. The molecule has 0 aliphatic heterocycles. The maximum absolute atomic E-state index is 9.77. The molecule has 0 bridgehead atoms. The maximum Gasteiger partial charge on any atom is 0.335 e. The zero-order chi connectivity index (χ0) is 15.0. The van der Waals surface area contributed by atoms with E-state index < -0.39 is 24.1 Å². The molecule has 0 saturated carbocycles. The van der Waals surface area contributed by atoms with E-state index in [1.807, 2.05) is 19.1 Å². The van der Waals surface area contributed by atoms with Gasteiger partial charge in [-0.1, -0.05) is 0 Å². The van der Waals surface area contributed by atoms with Crippen molar-refractivity contribution in [2.45, 2.75) is 25.2 Å². The van der Waals surface area contributed by atoms with E-state index in [-0.39, 0.29) is 6.04 Å². The van der Waals surface area contributed by atoms with Gasteiger partial charge in [-0.3, -0.25) is 4.98 Å². The van der Waals surface area contributed by atoms with E-state index in [2.05, 4.69) is 4.98 Å². The topological polar surface area (TPSA) is 154 Å². The van der Waals surface area contributed by atoms with Crippen LogP contribution in [0.4, 0.5) is 0 Å². The minimum atomic E-state index is -2.27. The molecule has 0 aromatic carbocycles. The Kier molecular flexibility index (Phi) is 7.27. The van der Waals surface area contributed by atoms with E-state index in [0.717, 1.165) is 5.56 Å². The molecule has 3 atom stereocenters. The lowest BCUT2D eigenvalue weighted by Crippen LogP contribution is -2.39. The van der Waals surface area contributed by atoms with Crippen molar-refractivity contribution in [1.29, 1.82) is 0 Å². The van der Waals surface area contributed by atoms with Gasteiger partial charge in [0.25, 0.3) is 0 Å². The molecule has 0 aliphatic carbocycles. The molecule has 3 unspecified atom stereocenters. The molecular weight excluding hydrogens is 256 g/mol. The summed E-state index contributed by atoms with van der Waals surface area (Å²) in [5, 5.41) is 32.5. The number of carboxylic acid groups (broad SMARTS) is 2. The maximum atomic E-state index is 9.77. The number of pyridine rings is 1. The molecule has 0 radical (unpaired) electrons. The number of nitrogens with two attached hydrogens (primary N) is 1. The molecule has 1 aromatic heterocycles. The van der Waals surface area contributed by atoms with Gasteiger partial charge >= 0.3 is 11.9 Å². The van der Waals surface area contributed by atoms with Crippen LogP contribution >= 0.6 is 0 Å². The number of aliphatic carboxylic acids is 2. The zero-order valence-electron chi connectivity index (χ0n) is 10.2. The molecule has 1 rings (SSSR count). The molecule has 0 aliphatic rings. The fraction of sp³-hybridized carbons (Fsp3) is 0.364. The Morgan fingerprint density at radius 3 is 1.68 bits per heavy atom. The third kappa shape index (κ3) is 6.46. The van der Waals surface area contributed by atoms with Gasteiger partial charge in [0.2, 0.25) is 0 Å². The lowest BCUT2D eigenvalue weighted by Gasteiger charge is -2.07. The van der Waals surface area contributed by atoms with Crippen LogP contribution in [-0.4, -0.2) is 49.6 Å². The summed E-state index contributed by atoms with van der Waals surface area (Å²) >= 11 is 0. The van der Waals surface area contributed by atoms with E-state index in [9.17, 15) is 9.59 Å². The van der Waals surface area contributed by atoms with Crippen molar-refractivity contribution in [1.82, 2.24) is 4.98 Å². The lowest BCUT2D eigenvalue weighted by atomic mass is 10.1. The number of aliphatic hydroxyl groups is 2. The van der Waals surface area contributed by atoms with Crippen LogP contribution in [0.2, 0.25) is 0 Å². The summed E-state index contributed by atoms with van der Waals surface area (Å²) in [5.41, 5.74) is 6.72. The summed E-state index contributed by atoms with van der Waals surface area (Å²) in [6.45, 7) is 1.95. The summed E-state index contributed by atoms with van der Waals surface area (Å²) in [6, 6.07) is 3.96. The zero-order valence-corrected chi connectivity index (χ0v) is 10.2. The molecular formula is C11H16N2O6. The molecule has 19 heavy (non-hydrogen) atoms. The van der Waals surface area contributed by atoms with Crippen LogP contribution in [0.25, 0.3) is 0 Å². The Morgan fingerprint density at radius 1 is 1.11 bits per heavy atom. The number of aromatic nitrogens is 1. The van der Waals surface area contributed by atoms with E-state index in [0.29, 0.717) is 0 Å². The molecule has 0 saturated heterocycles. The highest BCUT2D eigenvalue weighted by atomic mass is 16.4. The largest absolute Gasteiger partial charge is 0.479 e. The summed E-state index contributed by atoms with van der Waals surface area (Å²) in [4.78, 5) is 23.4. The Balaban J connectivity index is 0.000000342. The summed E-state index contributed by atoms with van der Waals surface area (Å²) < 4.78 is 0. The standard InChI is InChI=1S/C7H10N2.C4H6O6/c1-6(8)7-2-4-9-5-3-7;5-1(3(7)8)2(6)4(9)10/h2-6H,8H2,1H3;1-2,5-6H,(H,7,8)(H,9,10). The highest BCUT2D eigenvalue weighted by molar-refractivity contribution is 5.83. The average Bonchev–Trinajstić information content (AvgIpc) is 2.38. The Hall–Kier alpha value is -2.03. The summed E-state index contributed by atoms with van der Waals surface area (Å²) in [7, 11) is 0. The molecule has 0 spiro atoms. The van der Waals surface area contributed by atoms with Crippen molar-refractivity contribution in [3.63, 3.8) is 0 Å². The minimum absolute atomic E-state index is 0.119. The van der Waals surface area contributed by atoms with Crippen LogP contribution in [0.3, 0.4) is 0 Å². The fourth-order valence-corrected chi connectivity index (χ4v) is 0.937. The number of carbonyl (C=O) groups is 2. The van der Waals surface area contributed by atoms with Gasteiger partial charge in [-0.25, -0.2) is 9.59 Å². The van der Waals surface area contributed by atoms with Crippen molar-refractivity contribution in [2.75, 3.05) is 0 Å². The van der Waals surface area contributed by atoms with Gasteiger partial charge in [0.1, 0.15) is 0 Å². The van der Waals surface area contributed by atoms with Crippen molar-refractivity contribution < 1.29 is 30.0 Å². The number of hydrogen-bond donors (Lipinski definition) is 5. The van der Waals surface area contributed by atoms with Gasteiger partial charge in [-0.15, -0.1) is 0 Å². The molecule has 0 fully saturated rings. The number of hydrogen-bond acceptors (Lipinski definition) is 6. The normalized spacial score (nSPS) is 14.5. The van der Waals surface area contributed by atoms with Gasteiger partial charge in [-0.05, 0) is 24.6 Å². The molecule has 106 valence electrons. The highest BCUT2D eigenvalue weighted by Crippen LogP contribution is 2.05. The Labute approximate surface area is 109 Å². The number of aliphatic hydroxyl groups excluding tert-OH is 2. The predicted molar refractivity (Wildman–Crippen MR) is 64.1 cm³/mol. The van der Waals surface area contributed by atoms with Crippen molar-refractivity contribution in [3.8, 4) is 0 Å². The minimum Gasteiger partial charge on any atom is -0.479 e. The second-order valence-electron chi connectivity index (χ2n) is 3.64. The van der Waals surface area contributed by atoms with Crippen LogP contribution in [0, 0.1) is 0 Å². The van der Waals surface area contributed by atoms with E-state index in [4.69, 9.17) is 26.2 Å². The van der Waals surface area contributed by atoms with Crippen molar-refractivity contribution >= 4 is 11.9 Å². The quantitative estimate of drug-likeness (QED) is 0.466. The second-order valence-corrected chi connectivity index (χ2v) is 3.64. The van der Waals surface area contributed by atoms with Crippen LogP contribution in [-0.2, 0) is 9.59 Å². The fourth-order valence-electron chi connectivity index (χ4n) is 0.937. The van der Waals surface area contributed by atoms with Gasteiger partial charge < -0.3 is 26.2 Å². The number of carboxylic acids is 2. The van der Waals surface area contributed by atoms with Crippen LogP contribution in [0.5, 0.6) is 0 Å². The van der Waals surface area contributed by atoms with E-state index >= 15 is 0 Å². The molecule has 0 amide bonds. The molecule has 1 aromatic rings. The SMILES string of the molecule is CC(N)c1ccncc1.O=C(O)C(O)C(O)C(=O)O. The van der Waals surface area contributed by atoms with Crippen LogP contribution in [0.15, 0.2) is 24.5 Å². The summed E-state index contributed by atoms with van der Waals surface area (Å²) in [6.07, 6.45) is -1.04. The average molecular weight is 272 g/mol. The van der Waals surface area contributed by atoms with Crippen molar-refractivity contribution in [3.05, 3.63) is 30.1 Å². The predicted octanol–water partition coefficient (Wildman–Crippen LogP) is -1.02. The van der Waals surface area contributed by atoms with Crippen LogP contribution in [0.1, 0.15) is 18.5 Å². The molecule has 6 N–H and O–H groups in total. The first-order valence-corrected chi connectivity index (χ1v) is 5.24. The summed E-state index contributed by atoms with van der Waals surface area (Å²) in [5.74, 6) is -3.54. The first-order valence-electron chi connectivity index (χ1n) is 5.24. The van der Waals surface area contributed by atoms with E-state index in [1.165, 1.54) is 0 Å². The number of rotatable bonds is 4. The Bertz CT molecular complexity index is 391. The molecule has 1 heterocycles. The monoisotopic (exact) mass is 272 g/mol.